The third-order valence-electron chi connectivity index (χ3n) is 2.84. The second-order valence-corrected chi connectivity index (χ2v) is 7.82. The molecular formula is C14H25N3O2S. The molecule has 0 spiro atoms. The van der Waals surface area contributed by atoms with Crippen LogP contribution in [-0.4, -0.2) is 45.5 Å². The zero-order chi connectivity index (χ0) is 15.2. The van der Waals surface area contributed by atoms with E-state index in [2.05, 4.69) is 24.1 Å². The van der Waals surface area contributed by atoms with Crippen molar-refractivity contribution >= 4 is 15.7 Å². The molecule has 1 aromatic heterocycles. The Labute approximate surface area is 122 Å². The number of hydrogen-bond donors (Lipinski definition) is 1. The molecule has 0 saturated carbocycles. The largest absolute Gasteiger partial charge is 0.359 e. The summed E-state index contributed by atoms with van der Waals surface area (Å²) < 4.78 is 22.4. The SMILES string of the molecule is CC(C)CNCc1cccc(N(C)CCS(C)(=O)=O)n1. The van der Waals surface area contributed by atoms with Gasteiger partial charge in [-0.2, -0.15) is 0 Å². The van der Waals surface area contributed by atoms with Crippen LogP contribution in [0.5, 0.6) is 0 Å². The smallest absolute Gasteiger partial charge is 0.149 e. The first-order chi connectivity index (χ1) is 9.28. The Bertz CT molecular complexity index is 515. The lowest BCUT2D eigenvalue weighted by Crippen LogP contribution is -2.26. The normalized spacial score (nSPS) is 11.8. The summed E-state index contributed by atoms with van der Waals surface area (Å²) in [5, 5.41) is 3.35. The summed E-state index contributed by atoms with van der Waals surface area (Å²) in [5.74, 6) is 1.55. The molecule has 0 bridgehead atoms. The summed E-state index contributed by atoms with van der Waals surface area (Å²) in [4.78, 5) is 6.41. The Balaban J connectivity index is 2.58. The van der Waals surface area contributed by atoms with Crippen molar-refractivity contribution in [2.45, 2.75) is 20.4 Å². The average Bonchev–Trinajstić information content (AvgIpc) is 2.35. The van der Waals surface area contributed by atoms with E-state index < -0.39 is 9.84 Å². The van der Waals surface area contributed by atoms with E-state index in [1.165, 1.54) is 6.26 Å². The van der Waals surface area contributed by atoms with E-state index in [-0.39, 0.29) is 5.75 Å². The lowest BCUT2D eigenvalue weighted by Gasteiger charge is -2.18. The number of nitrogens with zero attached hydrogens (tertiary/aromatic N) is 2. The fraction of sp³-hybridized carbons (Fsp3) is 0.643. The molecular weight excluding hydrogens is 274 g/mol. The van der Waals surface area contributed by atoms with Crippen LogP contribution in [0.15, 0.2) is 18.2 Å². The topological polar surface area (TPSA) is 62.3 Å². The van der Waals surface area contributed by atoms with Crippen molar-refractivity contribution in [3.05, 3.63) is 23.9 Å². The fourth-order valence-electron chi connectivity index (χ4n) is 1.68. The molecule has 114 valence electrons. The molecule has 0 aromatic carbocycles. The molecule has 1 N–H and O–H groups in total. The van der Waals surface area contributed by atoms with E-state index in [0.717, 1.165) is 24.6 Å². The Hall–Kier alpha value is -1.14. The maximum atomic E-state index is 11.2. The van der Waals surface area contributed by atoms with Gasteiger partial charge in [0.05, 0.1) is 11.4 Å². The maximum Gasteiger partial charge on any atom is 0.149 e. The number of aromatic nitrogens is 1. The second kappa shape index (κ2) is 7.59. The molecule has 0 atom stereocenters. The molecule has 6 heteroatoms. The summed E-state index contributed by atoms with van der Waals surface area (Å²) in [7, 11) is -1.08. The zero-order valence-electron chi connectivity index (χ0n) is 12.8. The van der Waals surface area contributed by atoms with Gasteiger partial charge in [0.2, 0.25) is 0 Å². The van der Waals surface area contributed by atoms with Crippen molar-refractivity contribution < 1.29 is 8.42 Å². The molecule has 5 nitrogen and oxygen atoms in total. The van der Waals surface area contributed by atoms with Gasteiger partial charge in [-0.05, 0) is 24.6 Å². The summed E-state index contributed by atoms with van der Waals surface area (Å²) in [5.41, 5.74) is 0.967. The molecule has 0 unspecified atom stereocenters. The van der Waals surface area contributed by atoms with Crippen molar-refractivity contribution in [1.82, 2.24) is 10.3 Å². The highest BCUT2D eigenvalue weighted by atomic mass is 32.2. The van der Waals surface area contributed by atoms with Crippen molar-refractivity contribution in [3.63, 3.8) is 0 Å². The van der Waals surface area contributed by atoms with Crippen LogP contribution >= 0.6 is 0 Å². The lowest BCUT2D eigenvalue weighted by molar-refractivity contribution is 0.548. The van der Waals surface area contributed by atoms with Gasteiger partial charge in [-0.15, -0.1) is 0 Å². The summed E-state index contributed by atoms with van der Waals surface area (Å²) >= 11 is 0. The van der Waals surface area contributed by atoms with Gasteiger partial charge in [-0.1, -0.05) is 19.9 Å². The Morgan fingerprint density at radius 3 is 2.65 bits per heavy atom. The molecule has 0 aliphatic rings. The van der Waals surface area contributed by atoms with Gasteiger partial charge < -0.3 is 10.2 Å². The van der Waals surface area contributed by atoms with Crippen molar-refractivity contribution in [1.29, 1.82) is 0 Å². The molecule has 0 amide bonds. The first-order valence-electron chi connectivity index (χ1n) is 6.83. The minimum Gasteiger partial charge on any atom is -0.359 e. The van der Waals surface area contributed by atoms with Crippen molar-refractivity contribution in [2.24, 2.45) is 5.92 Å². The molecule has 1 aromatic rings. The lowest BCUT2D eigenvalue weighted by atomic mass is 10.2. The number of sulfone groups is 1. The Kier molecular flexibility index (Phi) is 6.42. The average molecular weight is 299 g/mol. The van der Waals surface area contributed by atoms with Gasteiger partial charge in [0, 0.05) is 26.4 Å². The quantitative estimate of drug-likeness (QED) is 0.784. The molecule has 0 aliphatic carbocycles. The predicted octanol–water partition coefficient (Wildman–Crippen LogP) is 1.31. The van der Waals surface area contributed by atoms with Crippen molar-refractivity contribution in [3.8, 4) is 0 Å². The van der Waals surface area contributed by atoms with E-state index in [1.807, 2.05) is 30.1 Å². The summed E-state index contributed by atoms with van der Waals surface area (Å²) in [6, 6.07) is 5.82. The third-order valence-corrected chi connectivity index (χ3v) is 3.76. The monoisotopic (exact) mass is 299 g/mol. The van der Waals surface area contributed by atoms with Gasteiger partial charge in [-0.25, -0.2) is 13.4 Å². The maximum absolute atomic E-state index is 11.2. The molecule has 20 heavy (non-hydrogen) atoms. The first kappa shape index (κ1) is 16.9. The highest BCUT2D eigenvalue weighted by molar-refractivity contribution is 7.90. The molecule has 1 rings (SSSR count). The number of pyridine rings is 1. The Morgan fingerprint density at radius 1 is 1.35 bits per heavy atom. The van der Waals surface area contributed by atoms with Crippen LogP contribution in [0, 0.1) is 5.92 Å². The van der Waals surface area contributed by atoms with Crippen LogP contribution in [0.25, 0.3) is 0 Å². The van der Waals surface area contributed by atoms with Gasteiger partial charge in [-0.3, -0.25) is 0 Å². The van der Waals surface area contributed by atoms with E-state index in [0.29, 0.717) is 12.5 Å². The third kappa shape index (κ3) is 6.86. The minimum atomic E-state index is -2.94. The number of hydrogen-bond acceptors (Lipinski definition) is 5. The standard InChI is InChI=1S/C14H25N3O2S/c1-12(2)10-15-11-13-6-5-7-14(16-13)17(3)8-9-20(4,18)19/h5-7,12,15H,8-11H2,1-4H3. The predicted molar refractivity (Wildman–Crippen MR) is 83.8 cm³/mol. The van der Waals surface area contributed by atoms with Gasteiger partial charge in [0.25, 0.3) is 0 Å². The summed E-state index contributed by atoms with van der Waals surface area (Å²) in [6.07, 6.45) is 1.25. The Morgan fingerprint density at radius 2 is 2.05 bits per heavy atom. The fourth-order valence-corrected chi connectivity index (χ4v) is 2.29. The molecule has 1 heterocycles. The molecule has 0 aliphatic heterocycles. The van der Waals surface area contributed by atoms with Crippen LogP contribution in [-0.2, 0) is 16.4 Å². The van der Waals surface area contributed by atoms with Crippen LogP contribution in [0.2, 0.25) is 0 Å². The first-order valence-corrected chi connectivity index (χ1v) is 8.89. The van der Waals surface area contributed by atoms with Gasteiger partial charge in [0.15, 0.2) is 0 Å². The molecule has 0 saturated heterocycles. The van der Waals surface area contributed by atoms with E-state index >= 15 is 0 Å². The van der Waals surface area contributed by atoms with E-state index in [4.69, 9.17) is 0 Å². The molecule has 0 fully saturated rings. The second-order valence-electron chi connectivity index (χ2n) is 5.56. The van der Waals surface area contributed by atoms with E-state index in [9.17, 15) is 8.42 Å². The van der Waals surface area contributed by atoms with Crippen LogP contribution in [0.1, 0.15) is 19.5 Å². The van der Waals surface area contributed by atoms with Crippen LogP contribution < -0.4 is 10.2 Å². The van der Waals surface area contributed by atoms with Crippen LogP contribution in [0.4, 0.5) is 5.82 Å². The highest BCUT2D eigenvalue weighted by Crippen LogP contribution is 2.09. The number of anilines is 1. The number of rotatable bonds is 8. The molecule has 0 radical (unpaired) electrons. The van der Waals surface area contributed by atoms with Gasteiger partial charge in [0.1, 0.15) is 15.7 Å². The van der Waals surface area contributed by atoms with Crippen molar-refractivity contribution in [2.75, 3.05) is 37.0 Å². The minimum absolute atomic E-state index is 0.140. The van der Waals surface area contributed by atoms with E-state index in [1.54, 1.807) is 0 Å². The zero-order valence-corrected chi connectivity index (χ0v) is 13.6. The van der Waals surface area contributed by atoms with Gasteiger partial charge >= 0.3 is 0 Å². The highest BCUT2D eigenvalue weighted by Gasteiger charge is 2.08. The summed E-state index contributed by atoms with van der Waals surface area (Å²) in [6.45, 7) is 6.46. The van der Waals surface area contributed by atoms with Crippen LogP contribution in [0.3, 0.4) is 0 Å². The number of nitrogens with one attached hydrogen (secondary N) is 1.